The van der Waals surface area contributed by atoms with Crippen LogP contribution in [0, 0.1) is 0 Å². The van der Waals surface area contributed by atoms with Crippen molar-refractivity contribution in [1.29, 1.82) is 0 Å². The molecule has 0 amide bonds. The summed E-state index contributed by atoms with van der Waals surface area (Å²) in [4.78, 5) is 11.8. The summed E-state index contributed by atoms with van der Waals surface area (Å²) < 4.78 is 15.8. The van der Waals surface area contributed by atoms with E-state index < -0.39 is 5.63 Å². The van der Waals surface area contributed by atoms with Crippen LogP contribution in [-0.2, 0) is 0 Å². The van der Waals surface area contributed by atoms with Crippen molar-refractivity contribution in [3.63, 3.8) is 0 Å². The SMILES string of the molecule is CCCCCC/C=C/Oc1ccc2c(O)c(OCC)c(=O)oc2c1. The first kappa shape index (κ1) is 17.9. The normalized spacial score (nSPS) is 11.2. The number of ether oxygens (including phenoxy) is 2. The summed E-state index contributed by atoms with van der Waals surface area (Å²) in [5.41, 5.74) is -0.444. The highest BCUT2D eigenvalue weighted by atomic mass is 16.5. The van der Waals surface area contributed by atoms with Gasteiger partial charge in [0.05, 0.1) is 18.3 Å². The molecule has 0 bridgehead atoms. The third kappa shape index (κ3) is 4.54. The van der Waals surface area contributed by atoms with Crippen LogP contribution in [0.2, 0.25) is 0 Å². The molecule has 0 spiro atoms. The number of benzene rings is 1. The standard InChI is InChI=1S/C19H24O5/c1-3-5-6-7-8-9-12-23-14-10-11-15-16(13-14)24-19(21)18(17(15)20)22-4-2/h9-13,20H,3-8H2,1-2H3/b12-9+. The molecule has 0 saturated heterocycles. The van der Waals surface area contributed by atoms with E-state index in [1.807, 2.05) is 6.08 Å². The Balaban J connectivity index is 2.07. The Morgan fingerprint density at radius 1 is 1.21 bits per heavy atom. The lowest BCUT2D eigenvalue weighted by Gasteiger charge is -2.07. The molecule has 1 aromatic carbocycles. The lowest BCUT2D eigenvalue weighted by atomic mass is 10.1. The Kier molecular flexibility index (Phi) is 6.73. The first-order valence-electron chi connectivity index (χ1n) is 8.41. The molecular formula is C19H24O5. The summed E-state index contributed by atoms with van der Waals surface area (Å²) >= 11 is 0. The van der Waals surface area contributed by atoms with Crippen molar-refractivity contribution in [3.05, 3.63) is 41.0 Å². The van der Waals surface area contributed by atoms with Gasteiger partial charge in [-0.3, -0.25) is 0 Å². The van der Waals surface area contributed by atoms with E-state index >= 15 is 0 Å². The molecule has 0 radical (unpaired) electrons. The summed E-state index contributed by atoms with van der Waals surface area (Å²) in [6.07, 6.45) is 9.44. The second-order valence-electron chi connectivity index (χ2n) is 5.50. The molecule has 2 aromatic rings. The third-order valence-electron chi connectivity index (χ3n) is 3.62. The molecule has 5 heteroatoms. The van der Waals surface area contributed by atoms with Crippen LogP contribution < -0.4 is 15.1 Å². The topological polar surface area (TPSA) is 68.9 Å². The number of fused-ring (bicyclic) bond motifs is 1. The average molecular weight is 332 g/mol. The van der Waals surface area contributed by atoms with Gasteiger partial charge in [0.1, 0.15) is 11.3 Å². The van der Waals surface area contributed by atoms with Gasteiger partial charge in [0, 0.05) is 6.07 Å². The first-order valence-corrected chi connectivity index (χ1v) is 8.41. The summed E-state index contributed by atoms with van der Waals surface area (Å²) in [7, 11) is 0. The average Bonchev–Trinajstić information content (AvgIpc) is 2.57. The van der Waals surface area contributed by atoms with E-state index in [1.54, 1.807) is 31.4 Å². The summed E-state index contributed by atoms with van der Waals surface area (Å²) in [5, 5.41) is 10.5. The lowest BCUT2D eigenvalue weighted by molar-refractivity contribution is 0.301. The number of rotatable bonds is 9. The van der Waals surface area contributed by atoms with Gasteiger partial charge in [-0.05, 0) is 38.0 Å². The van der Waals surface area contributed by atoms with Gasteiger partial charge in [0.25, 0.3) is 0 Å². The Labute approximate surface area is 141 Å². The largest absolute Gasteiger partial charge is 0.504 e. The van der Waals surface area contributed by atoms with Crippen molar-refractivity contribution < 1.29 is 19.0 Å². The van der Waals surface area contributed by atoms with Crippen LogP contribution in [0.1, 0.15) is 46.0 Å². The molecule has 2 rings (SSSR count). The van der Waals surface area contributed by atoms with Crippen LogP contribution >= 0.6 is 0 Å². The fourth-order valence-electron chi connectivity index (χ4n) is 2.38. The van der Waals surface area contributed by atoms with E-state index in [1.165, 1.54) is 19.3 Å². The number of hydrogen-bond donors (Lipinski definition) is 1. The Bertz CT molecular complexity index is 745. The molecule has 0 aliphatic rings. The molecule has 24 heavy (non-hydrogen) atoms. The number of hydrogen-bond acceptors (Lipinski definition) is 5. The smallest absolute Gasteiger partial charge is 0.383 e. The van der Waals surface area contributed by atoms with Gasteiger partial charge in [0.2, 0.25) is 5.75 Å². The monoisotopic (exact) mass is 332 g/mol. The number of aromatic hydroxyl groups is 1. The Hall–Kier alpha value is -2.43. The molecule has 0 aliphatic heterocycles. The molecule has 1 aromatic heterocycles. The molecule has 0 aliphatic carbocycles. The van der Waals surface area contributed by atoms with Gasteiger partial charge in [-0.1, -0.05) is 26.2 Å². The molecule has 0 unspecified atom stereocenters. The first-order chi connectivity index (χ1) is 11.7. The van der Waals surface area contributed by atoms with Crippen LogP contribution in [-0.4, -0.2) is 11.7 Å². The van der Waals surface area contributed by atoms with Gasteiger partial charge in [0.15, 0.2) is 5.75 Å². The van der Waals surface area contributed by atoms with E-state index in [9.17, 15) is 9.90 Å². The molecule has 5 nitrogen and oxygen atoms in total. The van der Waals surface area contributed by atoms with Gasteiger partial charge in [-0.2, -0.15) is 0 Å². The van der Waals surface area contributed by atoms with Crippen molar-refractivity contribution in [2.75, 3.05) is 6.61 Å². The minimum atomic E-state index is -0.703. The molecule has 1 N–H and O–H groups in total. The highest BCUT2D eigenvalue weighted by molar-refractivity contribution is 5.86. The van der Waals surface area contributed by atoms with Gasteiger partial charge < -0.3 is 19.0 Å². The number of unbranched alkanes of at least 4 members (excludes halogenated alkanes) is 4. The lowest BCUT2D eigenvalue weighted by Crippen LogP contribution is -2.06. The van der Waals surface area contributed by atoms with Crippen LogP contribution in [0.3, 0.4) is 0 Å². The van der Waals surface area contributed by atoms with E-state index in [0.717, 1.165) is 12.8 Å². The molecule has 130 valence electrons. The van der Waals surface area contributed by atoms with E-state index in [2.05, 4.69) is 6.92 Å². The zero-order chi connectivity index (χ0) is 17.4. The zero-order valence-electron chi connectivity index (χ0n) is 14.2. The zero-order valence-corrected chi connectivity index (χ0v) is 14.2. The van der Waals surface area contributed by atoms with E-state index in [-0.39, 0.29) is 23.7 Å². The van der Waals surface area contributed by atoms with Gasteiger partial charge in [-0.15, -0.1) is 0 Å². The summed E-state index contributed by atoms with van der Waals surface area (Å²) in [6, 6.07) is 4.92. The van der Waals surface area contributed by atoms with Crippen LogP contribution in [0.25, 0.3) is 11.0 Å². The predicted octanol–water partition coefficient (Wildman–Crippen LogP) is 4.76. The highest BCUT2D eigenvalue weighted by Crippen LogP contribution is 2.33. The van der Waals surface area contributed by atoms with Crippen molar-refractivity contribution in [1.82, 2.24) is 0 Å². The Morgan fingerprint density at radius 2 is 2.04 bits per heavy atom. The minimum Gasteiger partial charge on any atom is -0.504 e. The fraction of sp³-hybridized carbons (Fsp3) is 0.421. The van der Waals surface area contributed by atoms with Crippen LogP contribution in [0.5, 0.6) is 17.2 Å². The molecule has 0 saturated carbocycles. The fourth-order valence-corrected chi connectivity index (χ4v) is 2.38. The number of allylic oxidation sites excluding steroid dienone is 1. The van der Waals surface area contributed by atoms with E-state index in [4.69, 9.17) is 13.9 Å². The van der Waals surface area contributed by atoms with Crippen molar-refractivity contribution in [2.45, 2.75) is 46.0 Å². The maximum atomic E-state index is 11.8. The third-order valence-corrected chi connectivity index (χ3v) is 3.62. The molecule has 0 atom stereocenters. The van der Waals surface area contributed by atoms with Gasteiger partial charge >= 0.3 is 5.63 Å². The molecule has 1 heterocycles. The van der Waals surface area contributed by atoms with Crippen molar-refractivity contribution in [2.24, 2.45) is 0 Å². The highest BCUT2D eigenvalue weighted by Gasteiger charge is 2.15. The maximum Gasteiger partial charge on any atom is 0.383 e. The summed E-state index contributed by atoms with van der Waals surface area (Å²) in [6.45, 7) is 4.19. The predicted molar refractivity (Wildman–Crippen MR) is 93.8 cm³/mol. The summed E-state index contributed by atoms with van der Waals surface area (Å²) in [5.74, 6) is 0.172. The van der Waals surface area contributed by atoms with Crippen LogP contribution in [0.4, 0.5) is 0 Å². The Morgan fingerprint density at radius 3 is 2.79 bits per heavy atom. The van der Waals surface area contributed by atoms with Crippen molar-refractivity contribution >= 4 is 11.0 Å². The molecular weight excluding hydrogens is 308 g/mol. The van der Waals surface area contributed by atoms with E-state index in [0.29, 0.717) is 11.1 Å². The van der Waals surface area contributed by atoms with Crippen LogP contribution in [0.15, 0.2) is 39.7 Å². The van der Waals surface area contributed by atoms with Gasteiger partial charge in [-0.25, -0.2) is 4.79 Å². The second-order valence-corrected chi connectivity index (χ2v) is 5.50. The maximum absolute atomic E-state index is 11.8. The quantitative estimate of drug-likeness (QED) is 0.407. The minimum absolute atomic E-state index is 0.161. The van der Waals surface area contributed by atoms with Crippen molar-refractivity contribution in [3.8, 4) is 17.2 Å². The second kappa shape index (κ2) is 9.01. The molecule has 0 fully saturated rings.